The van der Waals surface area contributed by atoms with E-state index in [9.17, 15) is 0 Å². The van der Waals surface area contributed by atoms with Crippen LogP contribution in [0.15, 0.2) is 29.4 Å². The molecule has 5 heteroatoms. The Labute approximate surface area is 124 Å². The molecule has 0 aliphatic carbocycles. The van der Waals surface area contributed by atoms with Gasteiger partial charge in [0, 0.05) is 11.8 Å². The molecule has 19 heavy (non-hydrogen) atoms. The van der Waals surface area contributed by atoms with E-state index in [0.29, 0.717) is 0 Å². The molecule has 104 valence electrons. The minimum absolute atomic E-state index is 0. The molecule has 3 nitrogen and oxygen atoms in total. The van der Waals surface area contributed by atoms with Gasteiger partial charge in [-0.15, -0.1) is 12.4 Å². The van der Waals surface area contributed by atoms with Gasteiger partial charge in [0.15, 0.2) is 5.16 Å². The average Bonchev–Trinajstić information content (AvgIpc) is 2.82. The number of thioether (sulfide) groups is 1. The molecule has 1 aliphatic heterocycles. The standard InChI is InChI=1S/C14H19N3S.ClH/c1-2-7-13-12(6-1)16-14(17-13)18-10-8-11-5-3-4-9-15-11;/h1-2,6-7,11,15H,3-5,8-10H2,(H,16,17);1H. The first kappa shape index (κ1) is 14.7. The quantitative estimate of drug-likeness (QED) is 0.847. The molecule has 1 unspecified atom stereocenters. The molecular formula is C14H20ClN3S. The number of hydrogen-bond acceptors (Lipinski definition) is 3. The lowest BCUT2D eigenvalue weighted by molar-refractivity contribution is 0.394. The smallest absolute Gasteiger partial charge is 0.166 e. The maximum Gasteiger partial charge on any atom is 0.166 e. The van der Waals surface area contributed by atoms with Crippen molar-refractivity contribution in [3.05, 3.63) is 24.3 Å². The maximum absolute atomic E-state index is 4.58. The number of aromatic nitrogens is 2. The summed E-state index contributed by atoms with van der Waals surface area (Å²) in [5, 5.41) is 4.64. The average molecular weight is 298 g/mol. The second-order valence-corrected chi connectivity index (χ2v) is 5.93. The third-order valence-corrected chi connectivity index (χ3v) is 4.39. The molecule has 1 atom stereocenters. The first-order valence-corrected chi connectivity index (χ1v) is 7.71. The van der Waals surface area contributed by atoms with Crippen LogP contribution >= 0.6 is 24.2 Å². The van der Waals surface area contributed by atoms with Crippen molar-refractivity contribution in [3.63, 3.8) is 0 Å². The van der Waals surface area contributed by atoms with Crippen LogP contribution in [-0.4, -0.2) is 28.3 Å². The van der Waals surface area contributed by atoms with Gasteiger partial charge in [-0.05, 0) is 37.9 Å². The second-order valence-electron chi connectivity index (χ2n) is 4.84. The van der Waals surface area contributed by atoms with Crippen LogP contribution in [-0.2, 0) is 0 Å². The SMILES string of the molecule is Cl.c1ccc2[nH]c(SCCC3CCCCN3)nc2c1. The molecule has 0 amide bonds. The number of para-hydroxylation sites is 2. The highest BCUT2D eigenvalue weighted by Crippen LogP contribution is 2.21. The number of aromatic amines is 1. The fourth-order valence-electron chi connectivity index (χ4n) is 2.47. The predicted molar refractivity (Wildman–Crippen MR) is 84.3 cm³/mol. The van der Waals surface area contributed by atoms with Crippen LogP contribution in [0.4, 0.5) is 0 Å². The van der Waals surface area contributed by atoms with Gasteiger partial charge in [-0.25, -0.2) is 4.98 Å². The zero-order chi connectivity index (χ0) is 12.2. The van der Waals surface area contributed by atoms with Crippen molar-refractivity contribution in [3.8, 4) is 0 Å². The normalized spacial score (nSPS) is 19.3. The molecular weight excluding hydrogens is 278 g/mol. The Hall–Kier alpha value is -0.710. The van der Waals surface area contributed by atoms with Gasteiger partial charge >= 0.3 is 0 Å². The summed E-state index contributed by atoms with van der Waals surface area (Å²) in [6.45, 7) is 1.19. The first-order valence-electron chi connectivity index (χ1n) is 6.73. The van der Waals surface area contributed by atoms with E-state index in [1.165, 1.54) is 32.2 Å². The maximum atomic E-state index is 4.58. The summed E-state index contributed by atoms with van der Waals surface area (Å²) >= 11 is 1.83. The Morgan fingerprint density at radius 3 is 2.95 bits per heavy atom. The van der Waals surface area contributed by atoms with Crippen molar-refractivity contribution in [1.82, 2.24) is 15.3 Å². The number of rotatable bonds is 4. The van der Waals surface area contributed by atoms with Gasteiger partial charge in [-0.3, -0.25) is 0 Å². The summed E-state index contributed by atoms with van der Waals surface area (Å²) in [6.07, 6.45) is 5.29. The van der Waals surface area contributed by atoms with Crippen molar-refractivity contribution in [1.29, 1.82) is 0 Å². The Bertz CT molecular complexity index is 475. The molecule has 1 aromatic carbocycles. The van der Waals surface area contributed by atoms with E-state index in [4.69, 9.17) is 0 Å². The molecule has 1 aromatic heterocycles. The monoisotopic (exact) mass is 297 g/mol. The van der Waals surface area contributed by atoms with Crippen molar-refractivity contribution in [2.24, 2.45) is 0 Å². The van der Waals surface area contributed by atoms with Crippen LogP contribution in [0.25, 0.3) is 11.0 Å². The van der Waals surface area contributed by atoms with Crippen LogP contribution < -0.4 is 5.32 Å². The van der Waals surface area contributed by atoms with Crippen LogP contribution in [0, 0.1) is 0 Å². The zero-order valence-electron chi connectivity index (χ0n) is 10.9. The number of piperidine rings is 1. The number of fused-ring (bicyclic) bond motifs is 1. The summed E-state index contributed by atoms with van der Waals surface area (Å²) in [5.74, 6) is 1.14. The van der Waals surface area contributed by atoms with Gasteiger partial charge in [0.25, 0.3) is 0 Å². The van der Waals surface area contributed by atoms with E-state index in [2.05, 4.69) is 27.4 Å². The summed E-state index contributed by atoms with van der Waals surface area (Å²) < 4.78 is 0. The lowest BCUT2D eigenvalue weighted by Crippen LogP contribution is -2.34. The lowest BCUT2D eigenvalue weighted by atomic mass is 10.0. The number of nitrogens with one attached hydrogen (secondary N) is 2. The summed E-state index contributed by atoms with van der Waals surface area (Å²) in [6, 6.07) is 8.92. The minimum atomic E-state index is 0. The molecule has 0 saturated carbocycles. The van der Waals surface area contributed by atoms with Crippen molar-refractivity contribution in [2.45, 2.75) is 36.9 Å². The van der Waals surface area contributed by atoms with Crippen LogP contribution in [0.3, 0.4) is 0 Å². The highest BCUT2D eigenvalue weighted by Gasteiger charge is 2.12. The Balaban J connectivity index is 0.00000133. The molecule has 3 rings (SSSR count). The van der Waals surface area contributed by atoms with Gasteiger partial charge in [0.2, 0.25) is 0 Å². The van der Waals surface area contributed by atoms with E-state index in [0.717, 1.165) is 28.0 Å². The van der Waals surface area contributed by atoms with Crippen LogP contribution in [0.2, 0.25) is 0 Å². The molecule has 2 heterocycles. The Morgan fingerprint density at radius 2 is 2.16 bits per heavy atom. The number of benzene rings is 1. The number of imidazole rings is 1. The molecule has 0 spiro atoms. The Morgan fingerprint density at radius 1 is 1.26 bits per heavy atom. The summed E-state index contributed by atoms with van der Waals surface area (Å²) in [7, 11) is 0. The third kappa shape index (κ3) is 3.88. The van der Waals surface area contributed by atoms with Gasteiger partial charge in [-0.1, -0.05) is 30.3 Å². The largest absolute Gasteiger partial charge is 0.333 e. The number of hydrogen-bond donors (Lipinski definition) is 2. The van der Waals surface area contributed by atoms with E-state index < -0.39 is 0 Å². The van der Waals surface area contributed by atoms with Crippen LogP contribution in [0.5, 0.6) is 0 Å². The summed E-state index contributed by atoms with van der Waals surface area (Å²) in [4.78, 5) is 7.95. The number of H-pyrrole nitrogens is 1. The zero-order valence-corrected chi connectivity index (χ0v) is 12.5. The van der Waals surface area contributed by atoms with Gasteiger partial charge < -0.3 is 10.3 Å². The summed E-state index contributed by atoms with van der Waals surface area (Å²) in [5.41, 5.74) is 2.20. The van der Waals surface area contributed by atoms with Crippen molar-refractivity contribution >= 4 is 35.2 Å². The van der Waals surface area contributed by atoms with E-state index in [1.54, 1.807) is 0 Å². The molecule has 1 fully saturated rings. The number of halogens is 1. The molecule has 1 saturated heterocycles. The second kappa shape index (κ2) is 7.17. The Kier molecular flexibility index (Phi) is 5.55. The van der Waals surface area contributed by atoms with E-state index >= 15 is 0 Å². The van der Waals surface area contributed by atoms with E-state index in [1.807, 2.05) is 23.9 Å². The first-order chi connectivity index (χ1) is 8.92. The molecule has 0 radical (unpaired) electrons. The fourth-order valence-corrected chi connectivity index (χ4v) is 3.41. The van der Waals surface area contributed by atoms with Gasteiger partial charge in [-0.2, -0.15) is 0 Å². The van der Waals surface area contributed by atoms with Crippen LogP contribution in [0.1, 0.15) is 25.7 Å². The lowest BCUT2D eigenvalue weighted by Gasteiger charge is -2.22. The van der Waals surface area contributed by atoms with Crippen molar-refractivity contribution < 1.29 is 0 Å². The number of nitrogens with zero attached hydrogens (tertiary/aromatic N) is 1. The minimum Gasteiger partial charge on any atom is -0.333 e. The molecule has 1 aliphatic rings. The molecule has 2 aromatic rings. The topological polar surface area (TPSA) is 40.7 Å². The predicted octanol–water partition coefficient (Wildman–Crippen LogP) is 3.61. The highest BCUT2D eigenvalue weighted by molar-refractivity contribution is 7.99. The van der Waals surface area contributed by atoms with E-state index in [-0.39, 0.29) is 12.4 Å². The third-order valence-electron chi connectivity index (χ3n) is 3.49. The molecule has 0 bridgehead atoms. The molecule has 2 N–H and O–H groups in total. The van der Waals surface area contributed by atoms with Gasteiger partial charge in [0.05, 0.1) is 11.0 Å². The fraction of sp³-hybridized carbons (Fsp3) is 0.500. The van der Waals surface area contributed by atoms with Crippen molar-refractivity contribution in [2.75, 3.05) is 12.3 Å². The highest BCUT2D eigenvalue weighted by atomic mass is 35.5. The van der Waals surface area contributed by atoms with Gasteiger partial charge in [0.1, 0.15) is 0 Å².